The molecule has 296 valence electrons. The predicted molar refractivity (Wildman–Crippen MR) is 227 cm³/mol. The van der Waals surface area contributed by atoms with E-state index in [1.165, 1.54) is 5.56 Å². The van der Waals surface area contributed by atoms with Crippen LogP contribution in [0.2, 0.25) is 0 Å². The van der Waals surface area contributed by atoms with Crippen LogP contribution in [0, 0.1) is 6.92 Å². The van der Waals surface area contributed by atoms with E-state index in [4.69, 9.17) is 0 Å². The molecule has 3 heterocycles. The van der Waals surface area contributed by atoms with E-state index in [9.17, 15) is 19.5 Å². The van der Waals surface area contributed by atoms with E-state index >= 15 is 0 Å². The van der Waals surface area contributed by atoms with Gasteiger partial charge in [-0.3, -0.25) is 14.4 Å². The Morgan fingerprint density at radius 1 is 0.789 bits per heavy atom. The van der Waals surface area contributed by atoms with Crippen molar-refractivity contribution in [1.82, 2.24) is 19.3 Å². The number of nitrogens with zero attached hydrogens (tertiary/aromatic N) is 6. The minimum Gasteiger partial charge on any atom is -0.508 e. The molecular formula is C47H54N6O4. The summed E-state index contributed by atoms with van der Waals surface area (Å²) in [5, 5.41) is 9.82. The summed E-state index contributed by atoms with van der Waals surface area (Å²) < 4.78 is 2.00. The predicted octanol–water partition coefficient (Wildman–Crippen LogP) is 6.69. The summed E-state index contributed by atoms with van der Waals surface area (Å²) in [4.78, 5) is 52.8. The highest BCUT2D eigenvalue weighted by Crippen LogP contribution is 2.36. The average molecular weight is 767 g/mol. The first kappa shape index (κ1) is 39.4. The number of hydrogen-bond acceptors (Lipinski definition) is 6. The molecule has 4 aromatic carbocycles. The van der Waals surface area contributed by atoms with E-state index in [0.29, 0.717) is 49.3 Å². The summed E-state index contributed by atoms with van der Waals surface area (Å²) >= 11 is 0. The van der Waals surface area contributed by atoms with Gasteiger partial charge in [-0.25, -0.2) is 0 Å². The van der Waals surface area contributed by atoms with Crippen LogP contribution in [0.1, 0.15) is 61.2 Å². The Morgan fingerprint density at radius 2 is 1.49 bits per heavy atom. The first-order valence-electron chi connectivity index (χ1n) is 19.8. The van der Waals surface area contributed by atoms with Crippen LogP contribution in [0.5, 0.6) is 5.75 Å². The fourth-order valence-corrected chi connectivity index (χ4v) is 8.24. The number of amides is 3. The number of aromatic nitrogens is 1. The van der Waals surface area contributed by atoms with Gasteiger partial charge in [0.05, 0.1) is 12.0 Å². The molecule has 10 nitrogen and oxygen atoms in total. The largest absolute Gasteiger partial charge is 0.508 e. The van der Waals surface area contributed by atoms with Crippen molar-refractivity contribution in [3.63, 3.8) is 0 Å². The first-order chi connectivity index (χ1) is 27.3. The summed E-state index contributed by atoms with van der Waals surface area (Å²) in [7, 11) is 9.85. The standard InChI is InChI=1S/C47H54N6O4/c1-31-24-33-12-8-9-14-36(33)30-53(31)47(57)42-26-37-29-52(45(55)27-35-13-10-11-15-43(35)49(5)23-22-48(3)4)21-20-34(37)25-41(42)44-28-40(32(2)50(44)6)46(56)51(7)38-16-18-39(54)19-17-38/h8-19,25-26,28,31,54H,20-24,27,29-30H2,1-7H3/t31-/m1/s1. The molecule has 1 N–H and O–H groups in total. The normalized spacial score (nSPS) is 15.0. The monoisotopic (exact) mass is 766 g/mol. The van der Waals surface area contributed by atoms with Crippen molar-refractivity contribution in [3.8, 4) is 17.0 Å². The Bertz CT molecular complexity index is 2310. The number of hydrogen-bond donors (Lipinski definition) is 1. The molecule has 0 spiro atoms. The molecule has 3 amide bonds. The Kier molecular flexibility index (Phi) is 11.3. The zero-order chi connectivity index (χ0) is 40.5. The second kappa shape index (κ2) is 16.3. The number of para-hydroxylation sites is 1. The van der Waals surface area contributed by atoms with E-state index in [2.05, 4.69) is 68.2 Å². The SMILES string of the molecule is Cc1c(C(=O)N(C)c2ccc(O)cc2)cc(-c2cc3c(cc2C(=O)N2Cc4ccccc4C[C@H]2C)CN(C(=O)Cc2ccccc2N(C)CCN(C)C)CC3)n1C. The lowest BCUT2D eigenvalue weighted by molar-refractivity contribution is -0.131. The van der Waals surface area contributed by atoms with Gasteiger partial charge in [0.2, 0.25) is 5.91 Å². The summed E-state index contributed by atoms with van der Waals surface area (Å²) in [5.74, 6) is -0.0652. The molecule has 0 saturated heterocycles. The number of carbonyl (C=O) groups excluding carboxylic acids is 3. The lowest BCUT2D eigenvalue weighted by atomic mass is 9.89. The van der Waals surface area contributed by atoms with Gasteiger partial charge < -0.3 is 34.2 Å². The van der Waals surface area contributed by atoms with Crippen molar-refractivity contribution >= 4 is 29.1 Å². The molecule has 0 radical (unpaired) electrons. The van der Waals surface area contributed by atoms with Gasteiger partial charge in [0.25, 0.3) is 11.8 Å². The fraction of sp³-hybridized carbons (Fsp3) is 0.340. The van der Waals surface area contributed by atoms with Gasteiger partial charge in [0, 0.05) is 93.8 Å². The summed E-state index contributed by atoms with van der Waals surface area (Å²) in [6.07, 6.45) is 1.71. The maximum absolute atomic E-state index is 14.9. The number of rotatable bonds is 10. The molecule has 2 aliphatic heterocycles. The minimum atomic E-state index is -0.188. The maximum Gasteiger partial charge on any atom is 0.259 e. The Hall–Kier alpha value is -5.87. The molecule has 1 atom stereocenters. The Balaban J connectivity index is 1.23. The highest BCUT2D eigenvalue weighted by Gasteiger charge is 2.32. The van der Waals surface area contributed by atoms with Crippen LogP contribution in [0.25, 0.3) is 11.3 Å². The number of phenols is 1. The molecule has 7 rings (SSSR count). The van der Waals surface area contributed by atoms with Crippen molar-refractivity contribution in [2.45, 2.75) is 52.2 Å². The molecule has 1 aromatic heterocycles. The van der Waals surface area contributed by atoms with Crippen molar-refractivity contribution in [2.24, 2.45) is 7.05 Å². The van der Waals surface area contributed by atoms with Gasteiger partial charge in [0.1, 0.15) is 5.75 Å². The summed E-state index contributed by atoms with van der Waals surface area (Å²) in [6.45, 7) is 7.28. The Labute approximate surface area is 336 Å². The number of fused-ring (bicyclic) bond motifs is 2. The second-order valence-electron chi connectivity index (χ2n) is 16.0. The number of benzene rings is 4. The molecule has 2 aliphatic rings. The average Bonchev–Trinajstić information content (AvgIpc) is 3.51. The van der Waals surface area contributed by atoms with E-state index in [1.807, 2.05) is 64.7 Å². The minimum absolute atomic E-state index is 0.0171. The number of carbonyl (C=O) groups is 3. The number of phenolic OH excluding ortho intramolecular Hbond substituents is 1. The lowest BCUT2D eigenvalue weighted by Crippen LogP contribution is -2.43. The Morgan fingerprint density at radius 3 is 2.23 bits per heavy atom. The molecule has 0 saturated carbocycles. The molecule has 0 fully saturated rings. The van der Waals surface area contributed by atoms with Gasteiger partial charge in [-0.2, -0.15) is 0 Å². The van der Waals surface area contributed by atoms with Gasteiger partial charge in [-0.15, -0.1) is 0 Å². The van der Waals surface area contributed by atoms with Crippen LogP contribution >= 0.6 is 0 Å². The third-order valence-electron chi connectivity index (χ3n) is 11.9. The number of aromatic hydroxyl groups is 1. The topological polar surface area (TPSA) is 92.6 Å². The van der Waals surface area contributed by atoms with Gasteiger partial charge in [-0.1, -0.05) is 42.5 Å². The van der Waals surface area contributed by atoms with Crippen molar-refractivity contribution in [1.29, 1.82) is 0 Å². The highest BCUT2D eigenvalue weighted by molar-refractivity contribution is 6.08. The van der Waals surface area contributed by atoms with Crippen LogP contribution in [0.4, 0.5) is 11.4 Å². The van der Waals surface area contributed by atoms with Crippen molar-refractivity contribution in [3.05, 3.63) is 136 Å². The number of anilines is 2. The van der Waals surface area contributed by atoms with Crippen LogP contribution < -0.4 is 9.80 Å². The van der Waals surface area contributed by atoms with Gasteiger partial charge in [-0.05, 0) is 117 Å². The third-order valence-corrected chi connectivity index (χ3v) is 11.9. The third kappa shape index (κ3) is 8.05. The molecule has 0 unspecified atom stereocenters. The van der Waals surface area contributed by atoms with E-state index in [1.54, 1.807) is 36.2 Å². The molecule has 10 heteroatoms. The van der Waals surface area contributed by atoms with Crippen molar-refractivity contribution < 1.29 is 19.5 Å². The van der Waals surface area contributed by atoms with E-state index < -0.39 is 0 Å². The maximum atomic E-state index is 14.9. The molecule has 0 aliphatic carbocycles. The smallest absolute Gasteiger partial charge is 0.259 e. The van der Waals surface area contributed by atoms with Crippen LogP contribution in [0.3, 0.4) is 0 Å². The van der Waals surface area contributed by atoms with Crippen LogP contribution in [0.15, 0.2) is 91.0 Å². The molecular weight excluding hydrogens is 713 g/mol. The molecule has 0 bridgehead atoms. The van der Waals surface area contributed by atoms with Gasteiger partial charge in [0.15, 0.2) is 0 Å². The molecule has 5 aromatic rings. The summed E-state index contributed by atoms with van der Waals surface area (Å²) in [5.41, 5.74) is 10.6. The zero-order valence-electron chi connectivity index (χ0n) is 34.2. The van der Waals surface area contributed by atoms with E-state index in [0.717, 1.165) is 64.4 Å². The highest BCUT2D eigenvalue weighted by atomic mass is 16.3. The zero-order valence-corrected chi connectivity index (χ0v) is 34.2. The van der Waals surface area contributed by atoms with Gasteiger partial charge >= 0.3 is 0 Å². The van der Waals surface area contributed by atoms with Crippen LogP contribution in [-0.4, -0.2) is 96.0 Å². The second-order valence-corrected chi connectivity index (χ2v) is 16.0. The first-order valence-corrected chi connectivity index (χ1v) is 19.8. The lowest BCUT2D eigenvalue weighted by Gasteiger charge is -2.36. The molecule has 57 heavy (non-hydrogen) atoms. The van der Waals surface area contributed by atoms with Crippen LogP contribution in [-0.2, 0) is 44.2 Å². The van der Waals surface area contributed by atoms with E-state index in [-0.39, 0.29) is 29.5 Å². The number of likely N-dealkylation sites (N-methyl/N-ethyl adjacent to an activating group) is 2. The quantitative estimate of drug-likeness (QED) is 0.170. The fourth-order valence-electron chi connectivity index (χ4n) is 8.24. The summed E-state index contributed by atoms with van der Waals surface area (Å²) in [6, 6.07) is 29.0. The van der Waals surface area contributed by atoms with Crippen molar-refractivity contribution in [2.75, 3.05) is 57.6 Å².